The number of hydrogen-bond donors (Lipinski definition) is 0. The second-order valence-electron chi connectivity index (χ2n) is 3.60. The molecule has 0 N–H and O–H groups in total. The minimum Gasteiger partial charge on any atom is -0.204 e. The molecule has 0 aliphatic rings. The Hall–Kier alpha value is -1.84. The summed E-state index contributed by atoms with van der Waals surface area (Å²) in [5.74, 6) is -4.06. The topological polar surface area (TPSA) is 0 Å². The quantitative estimate of drug-likeness (QED) is 0.700. The van der Waals surface area contributed by atoms with Crippen LogP contribution in [0, 0.1) is 23.3 Å². The van der Waals surface area contributed by atoms with E-state index in [1.807, 2.05) is 0 Å². The maximum absolute atomic E-state index is 13.3. The van der Waals surface area contributed by atoms with Crippen molar-refractivity contribution >= 4 is 0 Å². The minimum atomic E-state index is -1.03. The van der Waals surface area contributed by atoms with Crippen molar-refractivity contribution in [2.75, 3.05) is 0 Å². The fourth-order valence-corrected chi connectivity index (χ4v) is 1.58. The fourth-order valence-electron chi connectivity index (χ4n) is 1.58. The predicted octanol–water partition coefficient (Wildman–Crippen LogP) is 3.83. The second kappa shape index (κ2) is 4.57. The molecule has 17 heavy (non-hydrogen) atoms. The molecule has 0 aliphatic heterocycles. The van der Waals surface area contributed by atoms with Crippen molar-refractivity contribution in [3.63, 3.8) is 0 Å². The van der Waals surface area contributed by atoms with Crippen molar-refractivity contribution < 1.29 is 17.6 Å². The highest BCUT2D eigenvalue weighted by Gasteiger charge is 2.12. The zero-order chi connectivity index (χ0) is 12.4. The Kier molecular flexibility index (Phi) is 3.13. The lowest BCUT2D eigenvalue weighted by molar-refractivity contribution is 0.491. The molecule has 0 unspecified atom stereocenters. The van der Waals surface area contributed by atoms with Gasteiger partial charge in [0.05, 0.1) is 0 Å². The van der Waals surface area contributed by atoms with E-state index in [-0.39, 0.29) is 17.5 Å². The van der Waals surface area contributed by atoms with Crippen LogP contribution >= 0.6 is 0 Å². The van der Waals surface area contributed by atoms with Gasteiger partial charge in [0.1, 0.15) is 0 Å². The summed E-state index contributed by atoms with van der Waals surface area (Å²) in [5, 5.41) is 0. The van der Waals surface area contributed by atoms with Gasteiger partial charge >= 0.3 is 0 Å². The summed E-state index contributed by atoms with van der Waals surface area (Å²) < 4.78 is 52.5. The van der Waals surface area contributed by atoms with Crippen molar-refractivity contribution in [3.8, 4) is 0 Å². The van der Waals surface area contributed by atoms with Gasteiger partial charge in [0.15, 0.2) is 23.3 Å². The molecule has 0 nitrogen and oxygen atoms in total. The third kappa shape index (κ3) is 2.30. The Bertz CT molecular complexity index is 500. The molecule has 2 aromatic carbocycles. The van der Waals surface area contributed by atoms with Crippen LogP contribution < -0.4 is 0 Å². The second-order valence-corrected chi connectivity index (χ2v) is 3.60. The van der Waals surface area contributed by atoms with Crippen LogP contribution in [0.4, 0.5) is 17.6 Å². The van der Waals surface area contributed by atoms with Crippen molar-refractivity contribution in [2.45, 2.75) is 6.42 Å². The molecule has 0 amide bonds. The Morgan fingerprint density at radius 3 is 1.47 bits per heavy atom. The molecule has 88 valence electrons. The normalized spacial score (nSPS) is 10.6. The van der Waals surface area contributed by atoms with E-state index in [9.17, 15) is 17.6 Å². The van der Waals surface area contributed by atoms with Gasteiger partial charge in [-0.2, -0.15) is 0 Å². The Morgan fingerprint density at radius 1 is 0.647 bits per heavy atom. The molecule has 4 heteroatoms. The van der Waals surface area contributed by atoms with E-state index in [0.29, 0.717) is 0 Å². The van der Waals surface area contributed by atoms with E-state index < -0.39 is 23.3 Å². The summed E-state index contributed by atoms with van der Waals surface area (Å²) >= 11 is 0. The van der Waals surface area contributed by atoms with E-state index >= 15 is 0 Å². The van der Waals surface area contributed by atoms with E-state index in [1.165, 1.54) is 24.3 Å². The lowest BCUT2D eigenvalue weighted by Gasteiger charge is -2.05. The van der Waals surface area contributed by atoms with E-state index in [0.717, 1.165) is 12.1 Å². The van der Waals surface area contributed by atoms with Crippen LogP contribution in [0.5, 0.6) is 0 Å². The number of benzene rings is 2. The number of rotatable bonds is 2. The summed E-state index contributed by atoms with van der Waals surface area (Å²) in [4.78, 5) is 0. The fraction of sp³-hybridized carbons (Fsp3) is 0.0769. The first-order valence-corrected chi connectivity index (χ1v) is 4.95. The van der Waals surface area contributed by atoms with Gasteiger partial charge in [0, 0.05) is 6.42 Å². The molecule has 0 bridgehead atoms. The third-order valence-corrected chi connectivity index (χ3v) is 2.44. The van der Waals surface area contributed by atoms with Crippen LogP contribution in [0.2, 0.25) is 0 Å². The highest BCUT2D eigenvalue weighted by atomic mass is 19.2. The molecule has 0 spiro atoms. The van der Waals surface area contributed by atoms with Gasteiger partial charge in [0.2, 0.25) is 0 Å². The van der Waals surface area contributed by atoms with Gasteiger partial charge in [0.25, 0.3) is 0 Å². The molecule has 0 aromatic heterocycles. The molecule has 0 aliphatic carbocycles. The average molecular weight is 240 g/mol. The summed E-state index contributed by atoms with van der Waals surface area (Å²) in [5.41, 5.74) is -0.0102. The van der Waals surface area contributed by atoms with Crippen LogP contribution in [0.15, 0.2) is 36.4 Å². The van der Waals surface area contributed by atoms with Crippen molar-refractivity contribution in [2.24, 2.45) is 0 Å². The first kappa shape index (κ1) is 11.6. The number of halogens is 4. The Balaban J connectivity index is 2.38. The minimum absolute atomic E-state index is 0.00509. The third-order valence-electron chi connectivity index (χ3n) is 2.44. The Labute approximate surface area is 95.5 Å². The summed E-state index contributed by atoms with van der Waals surface area (Å²) in [6, 6.07) is 7.27. The van der Waals surface area contributed by atoms with Gasteiger partial charge in [-0.05, 0) is 23.3 Å². The lowest BCUT2D eigenvalue weighted by atomic mass is 10.0. The molecule has 0 saturated heterocycles. The largest absolute Gasteiger partial charge is 0.204 e. The molecule has 0 radical (unpaired) electrons. The maximum atomic E-state index is 13.3. The number of hydrogen-bond acceptors (Lipinski definition) is 0. The van der Waals surface area contributed by atoms with Gasteiger partial charge in [-0.15, -0.1) is 0 Å². The highest BCUT2D eigenvalue weighted by molar-refractivity contribution is 5.29. The molecule has 0 atom stereocenters. The molecule has 0 saturated carbocycles. The predicted molar refractivity (Wildman–Crippen MR) is 55.5 cm³/mol. The molecule has 0 heterocycles. The SMILES string of the molecule is Fc1cccc(Cc2cccc(F)c2F)c1F. The first-order valence-electron chi connectivity index (χ1n) is 4.95. The van der Waals surface area contributed by atoms with Crippen LogP contribution in [0.25, 0.3) is 0 Å². The van der Waals surface area contributed by atoms with Crippen LogP contribution in [-0.4, -0.2) is 0 Å². The zero-order valence-electron chi connectivity index (χ0n) is 8.68. The van der Waals surface area contributed by atoms with E-state index in [1.54, 1.807) is 0 Å². The standard InChI is InChI=1S/C13H8F4/c14-10-5-1-3-8(12(10)16)7-9-4-2-6-11(15)13(9)17/h1-6H,7H2. The molecular weight excluding hydrogens is 232 g/mol. The van der Waals surface area contributed by atoms with Crippen molar-refractivity contribution in [3.05, 3.63) is 70.8 Å². The van der Waals surface area contributed by atoms with Gasteiger partial charge < -0.3 is 0 Å². The molecule has 2 rings (SSSR count). The van der Waals surface area contributed by atoms with Crippen LogP contribution in [0.1, 0.15) is 11.1 Å². The average Bonchev–Trinajstić information content (AvgIpc) is 2.31. The van der Waals surface area contributed by atoms with Crippen molar-refractivity contribution in [1.29, 1.82) is 0 Å². The monoisotopic (exact) mass is 240 g/mol. The van der Waals surface area contributed by atoms with Gasteiger partial charge in [-0.3, -0.25) is 0 Å². The Morgan fingerprint density at radius 2 is 1.06 bits per heavy atom. The van der Waals surface area contributed by atoms with Crippen LogP contribution in [0.3, 0.4) is 0 Å². The first-order chi connectivity index (χ1) is 8.09. The lowest BCUT2D eigenvalue weighted by Crippen LogP contribution is -1.99. The summed E-state index contributed by atoms with van der Waals surface area (Å²) in [6.07, 6.45) is -0.187. The molecular formula is C13H8F4. The summed E-state index contributed by atoms with van der Waals surface area (Å²) in [7, 11) is 0. The van der Waals surface area contributed by atoms with E-state index in [4.69, 9.17) is 0 Å². The molecule has 0 fully saturated rings. The van der Waals surface area contributed by atoms with Crippen LogP contribution in [-0.2, 0) is 6.42 Å². The zero-order valence-corrected chi connectivity index (χ0v) is 8.68. The summed E-state index contributed by atoms with van der Waals surface area (Å²) in [6.45, 7) is 0. The van der Waals surface area contributed by atoms with E-state index in [2.05, 4.69) is 0 Å². The maximum Gasteiger partial charge on any atom is 0.162 e. The van der Waals surface area contributed by atoms with Crippen molar-refractivity contribution in [1.82, 2.24) is 0 Å². The van der Waals surface area contributed by atoms with Gasteiger partial charge in [-0.1, -0.05) is 24.3 Å². The smallest absolute Gasteiger partial charge is 0.162 e. The molecule has 2 aromatic rings. The van der Waals surface area contributed by atoms with Gasteiger partial charge in [-0.25, -0.2) is 17.6 Å². The highest BCUT2D eigenvalue weighted by Crippen LogP contribution is 2.19.